The van der Waals surface area contributed by atoms with Crippen LogP contribution in [-0.4, -0.2) is 37.8 Å². The van der Waals surface area contributed by atoms with E-state index in [2.05, 4.69) is 10.3 Å². The summed E-state index contributed by atoms with van der Waals surface area (Å²) in [5, 5.41) is 12.1. The van der Waals surface area contributed by atoms with Crippen LogP contribution in [0.2, 0.25) is 0 Å². The van der Waals surface area contributed by atoms with Crippen LogP contribution in [-0.2, 0) is 10.8 Å². The van der Waals surface area contributed by atoms with E-state index in [1.54, 1.807) is 6.07 Å². The van der Waals surface area contributed by atoms with E-state index < -0.39 is 16.8 Å². The van der Waals surface area contributed by atoms with Gasteiger partial charge < -0.3 is 14.8 Å². The maximum atomic E-state index is 11.3. The Hall–Kier alpha value is -1.89. The lowest BCUT2D eigenvalue weighted by atomic mass is 10.2. The molecule has 2 aromatic rings. The first kappa shape index (κ1) is 13.1. The lowest BCUT2D eigenvalue weighted by Crippen LogP contribution is -2.29. The first-order valence-electron chi connectivity index (χ1n) is 6.37. The zero-order chi connectivity index (χ0) is 14.1. The first-order chi connectivity index (χ1) is 9.61. The Labute approximate surface area is 117 Å². The number of anilines is 1. The second kappa shape index (κ2) is 5.24. The van der Waals surface area contributed by atoms with Gasteiger partial charge in [0.15, 0.2) is 5.58 Å². The Morgan fingerprint density at radius 1 is 1.40 bits per heavy atom. The van der Waals surface area contributed by atoms with Gasteiger partial charge in [0.05, 0.1) is 5.56 Å². The number of nitrogens with one attached hydrogen (secondary N) is 1. The first-order valence-corrected chi connectivity index (χ1v) is 7.86. The second-order valence-electron chi connectivity index (χ2n) is 4.77. The monoisotopic (exact) mass is 294 g/mol. The molecule has 20 heavy (non-hydrogen) atoms. The normalized spacial score (nSPS) is 22.8. The van der Waals surface area contributed by atoms with Crippen molar-refractivity contribution < 1.29 is 18.5 Å². The van der Waals surface area contributed by atoms with Gasteiger partial charge in [-0.15, -0.1) is 0 Å². The minimum Gasteiger partial charge on any atom is -0.478 e. The van der Waals surface area contributed by atoms with Crippen LogP contribution in [0, 0.1) is 0 Å². The Morgan fingerprint density at radius 3 is 2.85 bits per heavy atom. The lowest BCUT2D eigenvalue weighted by molar-refractivity contribution is 0.0697. The number of hydrogen-bond donors (Lipinski definition) is 2. The largest absolute Gasteiger partial charge is 0.478 e. The number of aromatic nitrogens is 1. The van der Waals surface area contributed by atoms with E-state index in [1.165, 1.54) is 12.1 Å². The van der Waals surface area contributed by atoms with Crippen molar-refractivity contribution in [3.05, 3.63) is 23.8 Å². The van der Waals surface area contributed by atoms with E-state index in [-0.39, 0.29) is 11.6 Å². The molecule has 0 atom stereocenters. The number of aromatic carboxylic acids is 1. The molecule has 2 heterocycles. The van der Waals surface area contributed by atoms with Crippen molar-refractivity contribution in [3.8, 4) is 0 Å². The lowest BCUT2D eigenvalue weighted by Gasteiger charge is -2.21. The van der Waals surface area contributed by atoms with Crippen molar-refractivity contribution in [2.24, 2.45) is 0 Å². The smallest absolute Gasteiger partial charge is 0.335 e. The molecule has 2 N–H and O–H groups in total. The van der Waals surface area contributed by atoms with Crippen LogP contribution in [0.5, 0.6) is 0 Å². The second-order valence-corrected chi connectivity index (χ2v) is 6.47. The molecule has 106 valence electrons. The van der Waals surface area contributed by atoms with Crippen LogP contribution in [0.3, 0.4) is 0 Å². The summed E-state index contributed by atoms with van der Waals surface area (Å²) in [5.41, 5.74) is 1.25. The van der Waals surface area contributed by atoms with Gasteiger partial charge in [-0.2, -0.15) is 4.98 Å². The molecule has 1 aliphatic heterocycles. The minimum absolute atomic E-state index is 0.174. The summed E-state index contributed by atoms with van der Waals surface area (Å²) in [6.45, 7) is 0. The van der Waals surface area contributed by atoms with E-state index in [9.17, 15) is 9.00 Å². The maximum absolute atomic E-state index is 11.3. The van der Waals surface area contributed by atoms with Gasteiger partial charge in [-0.1, -0.05) is 0 Å². The fraction of sp³-hybridized carbons (Fsp3) is 0.385. The molecule has 0 saturated carbocycles. The van der Waals surface area contributed by atoms with E-state index >= 15 is 0 Å². The molecule has 6 nitrogen and oxygen atoms in total. The SMILES string of the molecule is O=C(O)c1ccc2nc(NC3CCS(=O)CC3)oc2c1. The van der Waals surface area contributed by atoms with Gasteiger partial charge in [0.2, 0.25) is 0 Å². The summed E-state index contributed by atoms with van der Waals surface area (Å²) < 4.78 is 16.8. The van der Waals surface area contributed by atoms with Gasteiger partial charge >= 0.3 is 5.97 Å². The predicted molar refractivity (Wildman–Crippen MR) is 75.5 cm³/mol. The molecule has 0 aliphatic carbocycles. The third-order valence-electron chi connectivity index (χ3n) is 3.35. The molecule has 1 aromatic carbocycles. The fourth-order valence-corrected chi connectivity index (χ4v) is 3.53. The molecular formula is C13H14N2O4S. The summed E-state index contributed by atoms with van der Waals surface area (Å²) in [5.74, 6) is 0.398. The highest BCUT2D eigenvalue weighted by Gasteiger charge is 2.19. The van der Waals surface area contributed by atoms with Gasteiger partial charge in [0, 0.05) is 28.3 Å². The average molecular weight is 294 g/mol. The molecule has 0 spiro atoms. The van der Waals surface area contributed by atoms with Gasteiger partial charge in [-0.25, -0.2) is 4.79 Å². The predicted octanol–water partition coefficient (Wildman–Crippen LogP) is 1.85. The zero-order valence-corrected chi connectivity index (χ0v) is 11.5. The van der Waals surface area contributed by atoms with Crippen LogP contribution < -0.4 is 5.32 Å². The molecule has 3 rings (SSSR count). The zero-order valence-electron chi connectivity index (χ0n) is 10.7. The van der Waals surface area contributed by atoms with Gasteiger partial charge in [-0.3, -0.25) is 4.21 Å². The molecule has 1 fully saturated rings. The van der Waals surface area contributed by atoms with Crippen LogP contribution in [0.1, 0.15) is 23.2 Å². The fourth-order valence-electron chi connectivity index (χ4n) is 2.23. The molecular weight excluding hydrogens is 280 g/mol. The highest BCUT2D eigenvalue weighted by molar-refractivity contribution is 7.85. The number of carbonyl (C=O) groups is 1. The molecule has 0 unspecified atom stereocenters. The van der Waals surface area contributed by atoms with Gasteiger partial charge in [-0.05, 0) is 31.0 Å². The van der Waals surface area contributed by atoms with Gasteiger partial charge in [0.25, 0.3) is 6.01 Å². The van der Waals surface area contributed by atoms with Crippen molar-refractivity contribution >= 4 is 33.9 Å². The van der Waals surface area contributed by atoms with E-state index in [1.807, 2.05) is 0 Å². The highest BCUT2D eigenvalue weighted by atomic mass is 32.2. The number of fused-ring (bicyclic) bond motifs is 1. The van der Waals surface area contributed by atoms with E-state index in [4.69, 9.17) is 9.52 Å². The van der Waals surface area contributed by atoms with Crippen LogP contribution in [0.15, 0.2) is 22.6 Å². The molecule has 1 aromatic heterocycles. The summed E-state index contributed by atoms with van der Waals surface area (Å²) in [4.78, 5) is 15.2. The molecule has 1 saturated heterocycles. The Balaban J connectivity index is 1.78. The Morgan fingerprint density at radius 2 is 2.15 bits per heavy atom. The quantitative estimate of drug-likeness (QED) is 0.897. The van der Waals surface area contributed by atoms with Crippen molar-refractivity contribution in [1.82, 2.24) is 4.98 Å². The van der Waals surface area contributed by atoms with Gasteiger partial charge in [0.1, 0.15) is 5.52 Å². The summed E-state index contributed by atoms with van der Waals surface area (Å²) in [6, 6.07) is 5.19. The summed E-state index contributed by atoms with van der Waals surface area (Å²) >= 11 is 0. The number of hydrogen-bond acceptors (Lipinski definition) is 5. The minimum atomic E-state index is -0.993. The summed E-state index contributed by atoms with van der Waals surface area (Å²) in [7, 11) is -0.698. The molecule has 0 radical (unpaired) electrons. The number of rotatable bonds is 3. The average Bonchev–Trinajstić information content (AvgIpc) is 2.82. The molecule has 0 amide bonds. The molecule has 0 bridgehead atoms. The Bertz CT molecular complexity index is 672. The topological polar surface area (TPSA) is 92.4 Å². The third kappa shape index (κ3) is 2.67. The number of carboxylic acids is 1. The maximum Gasteiger partial charge on any atom is 0.335 e. The molecule has 7 heteroatoms. The van der Waals surface area contributed by atoms with Crippen molar-refractivity contribution in [1.29, 1.82) is 0 Å². The third-order valence-corrected chi connectivity index (χ3v) is 4.73. The van der Waals surface area contributed by atoms with Crippen molar-refractivity contribution in [3.63, 3.8) is 0 Å². The van der Waals surface area contributed by atoms with Crippen LogP contribution in [0.4, 0.5) is 6.01 Å². The van der Waals surface area contributed by atoms with E-state index in [0.29, 0.717) is 28.6 Å². The van der Waals surface area contributed by atoms with Crippen molar-refractivity contribution in [2.45, 2.75) is 18.9 Å². The highest BCUT2D eigenvalue weighted by Crippen LogP contribution is 2.22. The number of carboxylic acid groups (broad SMARTS) is 1. The van der Waals surface area contributed by atoms with E-state index in [0.717, 1.165) is 12.8 Å². The summed E-state index contributed by atoms with van der Waals surface area (Å²) in [6.07, 6.45) is 1.65. The Kier molecular flexibility index (Phi) is 3.43. The van der Waals surface area contributed by atoms with Crippen LogP contribution >= 0.6 is 0 Å². The number of benzene rings is 1. The number of nitrogens with zero attached hydrogens (tertiary/aromatic N) is 1. The molecule has 1 aliphatic rings. The van der Waals surface area contributed by atoms with Crippen molar-refractivity contribution in [2.75, 3.05) is 16.8 Å². The van der Waals surface area contributed by atoms with Crippen LogP contribution in [0.25, 0.3) is 11.1 Å². The standard InChI is InChI=1S/C13H14N2O4S/c16-12(17)8-1-2-10-11(7-8)19-13(15-10)14-9-3-5-20(18)6-4-9/h1-2,7,9H,3-6H2,(H,14,15)(H,16,17). The number of oxazole rings is 1.